The zero-order valence-electron chi connectivity index (χ0n) is 8.76. The third kappa shape index (κ3) is 2.89. The molecule has 1 aromatic heterocycles. The van der Waals surface area contributed by atoms with Gasteiger partial charge in [0.2, 0.25) is 0 Å². The highest BCUT2D eigenvalue weighted by Crippen LogP contribution is 2.11. The molecule has 0 bridgehead atoms. The summed E-state index contributed by atoms with van der Waals surface area (Å²) in [5, 5.41) is 3.12. The van der Waals surface area contributed by atoms with Gasteiger partial charge in [-0.15, -0.1) is 0 Å². The van der Waals surface area contributed by atoms with Crippen molar-refractivity contribution in [1.82, 2.24) is 15.3 Å². The molecule has 1 fully saturated rings. The van der Waals surface area contributed by atoms with E-state index in [9.17, 15) is 8.42 Å². The largest absolute Gasteiger partial charge is 0.384 e. The normalized spacial score (nSPS) is 23.4. The second-order valence-electron chi connectivity index (χ2n) is 3.88. The molecule has 0 amide bonds. The van der Waals surface area contributed by atoms with Gasteiger partial charge < -0.3 is 11.1 Å². The van der Waals surface area contributed by atoms with E-state index in [2.05, 4.69) is 15.3 Å². The molecule has 0 radical (unpaired) electrons. The average molecular weight is 242 g/mol. The van der Waals surface area contributed by atoms with Crippen LogP contribution in [0.2, 0.25) is 0 Å². The van der Waals surface area contributed by atoms with Gasteiger partial charge in [0, 0.05) is 12.2 Å². The Kier molecular flexibility index (Phi) is 3.06. The summed E-state index contributed by atoms with van der Waals surface area (Å²) in [6, 6.07) is 1.62. The number of nitrogens with zero attached hydrogens (tertiary/aromatic N) is 2. The molecule has 0 aliphatic carbocycles. The van der Waals surface area contributed by atoms with E-state index in [1.807, 2.05) is 0 Å². The third-order valence-electron chi connectivity index (χ3n) is 2.51. The summed E-state index contributed by atoms with van der Waals surface area (Å²) in [4.78, 5) is 8.06. The Bertz CT molecular complexity index is 474. The van der Waals surface area contributed by atoms with Crippen molar-refractivity contribution < 1.29 is 8.42 Å². The Morgan fingerprint density at radius 1 is 1.56 bits per heavy atom. The lowest BCUT2D eigenvalue weighted by molar-refractivity contribution is 0.542. The fraction of sp³-hybridized carbons (Fsp3) is 0.556. The van der Waals surface area contributed by atoms with Crippen molar-refractivity contribution in [3.05, 3.63) is 18.1 Å². The van der Waals surface area contributed by atoms with E-state index in [4.69, 9.17) is 5.73 Å². The van der Waals surface area contributed by atoms with Crippen LogP contribution in [0, 0.1) is 0 Å². The summed E-state index contributed by atoms with van der Waals surface area (Å²) in [6.45, 7) is 0.450. The van der Waals surface area contributed by atoms with Crippen LogP contribution in [-0.2, 0) is 16.4 Å². The molecule has 1 atom stereocenters. The van der Waals surface area contributed by atoms with E-state index in [1.54, 1.807) is 12.3 Å². The van der Waals surface area contributed by atoms with Crippen LogP contribution in [0.3, 0.4) is 0 Å². The standard InChI is InChI=1S/C9H14N4O2S/c10-8-1-3-11-9(13-8)5-12-7-2-4-16(14,15)6-7/h1,3,7,12H,2,4-6H2,(H2,10,11,13). The number of hydrogen-bond donors (Lipinski definition) is 2. The molecule has 1 aromatic rings. The Labute approximate surface area is 94.2 Å². The SMILES string of the molecule is Nc1ccnc(CNC2CCS(=O)(=O)C2)n1. The number of hydrogen-bond acceptors (Lipinski definition) is 6. The highest BCUT2D eigenvalue weighted by Gasteiger charge is 2.27. The van der Waals surface area contributed by atoms with Crippen LogP contribution in [-0.4, -0.2) is 35.9 Å². The van der Waals surface area contributed by atoms with Crippen molar-refractivity contribution >= 4 is 15.7 Å². The number of sulfone groups is 1. The molecule has 0 saturated carbocycles. The molecule has 6 nitrogen and oxygen atoms in total. The zero-order valence-corrected chi connectivity index (χ0v) is 9.57. The lowest BCUT2D eigenvalue weighted by atomic mass is 10.2. The number of nitrogen functional groups attached to an aromatic ring is 1. The first-order chi connectivity index (χ1) is 7.55. The molecule has 16 heavy (non-hydrogen) atoms. The van der Waals surface area contributed by atoms with E-state index in [1.165, 1.54) is 0 Å². The van der Waals surface area contributed by atoms with Gasteiger partial charge in [0.25, 0.3) is 0 Å². The van der Waals surface area contributed by atoms with Crippen LogP contribution in [0.5, 0.6) is 0 Å². The van der Waals surface area contributed by atoms with Gasteiger partial charge in [0.05, 0.1) is 18.1 Å². The molecule has 88 valence electrons. The number of nitrogens with two attached hydrogens (primary N) is 1. The first-order valence-corrected chi connectivity index (χ1v) is 6.88. The second-order valence-corrected chi connectivity index (χ2v) is 6.11. The molecule has 0 aromatic carbocycles. The smallest absolute Gasteiger partial charge is 0.151 e. The van der Waals surface area contributed by atoms with Crippen LogP contribution in [0.25, 0.3) is 0 Å². The van der Waals surface area contributed by atoms with Gasteiger partial charge >= 0.3 is 0 Å². The number of aromatic nitrogens is 2. The lowest BCUT2D eigenvalue weighted by Gasteiger charge is -2.09. The molecule has 3 N–H and O–H groups in total. The first-order valence-electron chi connectivity index (χ1n) is 5.06. The van der Waals surface area contributed by atoms with E-state index in [-0.39, 0.29) is 17.5 Å². The van der Waals surface area contributed by atoms with Gasteiger partial charge in [-0.25, -0.2) is 18.4 Å². The number of anilines is 1. The predicted molar refractivity (Wildman–Crippen MR) is 60.3 cm³/mol. The molecular formula is C9H14N4O2S. The highest BCUT2D eigenvalue weighted by atomic mass is 32.2. The van der Waals surface area contributed by atoms with Gasteiger partial charge in [-0.2, -0.15) is 0 Å². The fourth-order valence-corrected chi connectivity index (χ4v) is 3.40. The van der Waals surface area contributed by atoms with Crippen LogP contribution in [0.4, 0.5) is 5.82 Å². The summed E-state index contributed by atoms with van der Waals surface area (Å²) < 4.78 is 22.4. The Morgan fingerprint density at radius 2 is 2.38 bits per heavy atom. The molecule has 1 saturated heterocycles. The Hall–Kier alpha value is -1.21. The molecule has 2 rings (SSSR count). The first kappa shape index (κ1) is 11.3. The van der Waals surface area contributed by atoms with Gasteiger partial charge in [0.1, 0.15) is 11.6 Å². The highest BCUT2D eigenvalue weighted by molar-refractivity contribution is 7.91. The number of nitrogens with one attached hydrogen (secondary N) is 1. The minimum atomic E-state index is -2.84. The molecule has 0 spiro atoms. The van der Waals surface area contributed by atoms with Crippen LogP contribution >= 0.6 is 0 Å². The summed E-state index contributed by atoms with van der Waals surface area (Å²) in [5.41, 5.74) is 5.51. The van der Waals surface area contributed by atoms with E-state index >= 15 is 0 Å². The van der Waals surface area contributed by atoms with Crippen molar-refractivity contribution in [2.75, 3.05) is 17.2 Å². The molecule has 1 aliphatic rings. The quantitative estimate of drug-likeness (QED) is 0.730. The van der Waals surface area contributed by atoms with E-state index < -0.39 is 9.84 Å². The van der Waals surface area contributed by atoms with Crippen LogP contribution in [0.15, 0.2) is 12.3 Å². The van der Waals surface area contributed by atoms with Crippen molar-refractivity contribution in [1.29, 1.82) is 0 Å². The lowest BCUT2D eigenvalue weighted by Crippen LogP contribution is -2.30. The van der Waals surface area contributed by atoms with Gasteiger partial charge in [-0.05, 0) is 12.5 Å². The summed E-state index contributed by atoms with van der Waals surface area (Å²) in [5.74, 6) is 1.48. The summed E-state index contributed by atoms with van der Waals surface area (Å²) in [7, 11) is -2.84. The second kappa shape index (κ2) is 4.34. The predicted octanol–water partition coefficient (Wildman–Crippen LogP) is -0.664. The maximum atomic E-state index is 11.2. The average Bonchev–Trinajstić information content (AvgIpc) is 2.56. The topological polar surface area (TPSA) is 98.0 Å². The third-order valence-corrected chi connectivity index (χ3v) is 4.28. The van der Waals surface area contributed by atoms with E-state index in [0.717, 1.165) is 0 Å². The minimum Gasteiger partial charge on any atom is -0.384 e. The molecular weight excluding hydrogens is 228 g/mol. The van der Waals surface area contributed by atoms with Gasteiger partial charge in [0.15, 0.2) is 9.84 Å². The minimum absolute atomic E-state index is 0.00929. The Morgan fingerprint density at radius 3 is 3.00 bits per heavy atom. The van der Waals surface area contributed by atoms with Crippen molar-refractivity contribution in [2.24, 2.45) is 0 Å². The van der Waals surface area contributed by atoms with Crippen molar-refractivity contribution in [3.8, 4) is 0 Å². The van der Waals surface area contributed by atoms with Gasteiger partial charge in [-0.1, -0.05) is 0 Å². The molecule has 2 heterocycles. The monoisotopic (exact) mass is 242 g/mol. The summed E-state index contributed by atoms with van der Waals surface area (Å²) >= 11 is 0. The Balaban J connectivity index is 1.89. The van der Waals surface area contributed by atoms with Crippen molar-refractivity contribution in [3.63, 3.8) is 0 Å². The maximum Gasteiger partial charge on any atom is 0.151 e. The fourth-order valence-electron chi connectivity index (χ4n) is 1.69. The summed E-state index contributed by atoms with van der Waals surface area (Å²) in [6.07, 6.45) is 2.25. The van der Waals surface area contributed by atoms with Crippen LogP contribution < -0.4 is 11.1 Å². The van der Waals surface area contributed by atoms with E-state index in [0.29, 0.717) is 24.6 Å². The molecule has 7 heteroatoms. The van der Waals surface area contributed by atoms with Crippen molar-refractivity contribution in [2.45, 2.75) is 19.0 Å². The zero-order chi connectivity index (χ0) is 11.6. The molecule has 1 aliphatic heterocycles. The maximum absolute atomic E-state index is 11.2. The van der Waals surface area contributed by atoms with Gasteiger partial charge in [-0.3, -0.25) is 0 Å². The molecule has 1 unspecified atom stereocenters. The van der Waals surface area contributed by atoms with Crippen LogP contribution in [0.1, 0.15) is 12.2 Å². The number of rotatable bonds is 3.